The Morgan fingerprint density at radius 3 is 2.83 bits per heavy atom. The van der Waals surface area contributed by atoms with Gasteiger partial charge in [0.2, 0.25) is 0 Å². The first-order valence-electron chi connectivity index (χ1n) is 5.37. The van der Waals surface area contributed by atoms with Gasteiger partial charge in [0.1, 0.15) is 0 Å². The fourth-order valence-corrected chi connectivity index (χ4v) is 2.78. The number of nitrogens with one attached hydrogen (secondary N) is 1. The zero-order chi connectivity index (χ0) is 13.1. The van der Waals surface area contributed by atoms with E-state index >= 15 is 0 Å². The van der Waals surface area contributed by atoms with Crippen molar-refractivity contribution in [1.82, 2.24) is 5.32 Å². The second-order valence-corrected chi connectivity index (χ2v) is 6.39. The SMILES string of the molecule is CC(NC(=O)c1ccc(I)c(Cl)c1)c1cccs1. The van der Waals surface area contributed by atoms with Gasteiger partial charge < -0.3 is 5.32 Å². The van der Waals surface area contributed by atoms with E-state index < -0.39 is 0 Å². The molecule has 0 fully saturated rings. The number of thiophene rings is 1. The third-order valence-corrected chi connectivity index (χ3v) is 5.13. The molecule has 1 N–H and O–H groups in total. The summed E-state index contributed by atoms with van der Waals surface area (Å²) < 4.78 is 0.942. The maximum atomic E-state index is 12.0. The van der Waals surface area contributed by atoms with Crippen LogP contribution in [0.3, 0.4) is 0 Å². The van der Waals surface area contributed by atoms with E-state index in [0.29, 0.717) is 10.6 Å². The summed E-state index contributed by atoms with van der Waals surface area (Å²) >= 11 is 9.78. The van der Waals surface area contributed by atoms with Gasteiger partial charge in [-0.05, 0) is 59.2 Å². The standard InChI is InChI=1S/C13H11ClINOS/c1-8(12-3-2-6-18-12)16-13(17)9-4-5-11(15)10(14)7-9/h2-8H,1H3,(H,16,17). The first-order valence-corrected chi connectivity index (χ1v) is 7.71. The number of carbonyl (C=O) groups is 1. The molecule has 0 bridgehead atoms. The van der Waals surface area contributed by atoms with Gasteiger partial charge in [0.25, 0.3) is 5.91 Å². The molecule has 1 unspecified atom stereocenters. The van der Waals surface area contributed by atoms with Crippen LogP contribution in [0.5, 0.6) is 0 Å². The second kappa shape index (κ2) is 6.04. The zero-order valence-electron chi connectivity index (χ0n) is 9.61. The van der Waals surface area contributed by atoms with E-state index in [9.17, 15) is 4.79 Å². The molecule has 2 aromatic rings. The fourth-order valence-electron chi connectivity index (χ4n) is 1.53. The Bertz CT molecular complexity index is 556. The minimum absolute atomic E-state index is 0.00977. The minimum atomic E-state index is -0.103. The van der Waals surface area contributed by atoms with Gasteiger partial charge in [-0.3, -0.25) is 4.79 Å². The molecular formula is C13H11ClINOS. The van der Waals surface area contributed by atoms with Crippen molar-refractivity contribution < 1.29 is 4.79 Å². The van der Waals surface area contributed by atoms with Crippen LogP contribution in [0.15, 0.2) is 35.7 Å². The van der Waals surface area contributed by atoms with Crippen LogP contribution in [-0.4, -0.2) is 5.91 Å². The Morgan fingerprint density at radius 2 is 2.22 bits per heavy atom. The van der Waals surface area contributed by atoms with Gasteiger partial charge in [0.05, 0.1) is 11.1 Å². The fraction of sp³-hybridized carbons (Fsp3) is 0.154. The lowest BCUT2D eigenvalue weighted by atomic mass is 10.2. The summed E-state index contributed by atoms with van der Waals surface area (Å²) in [6.45, 7) is 1.97. The van der Waals surface area contributed by atoms with Crippen molar-refractivity contribution in [3.8, 4) is 0 Å². The second-order valence-electron chi connectivity index (χ2n) is 3.84. The molecule has 0 aliphatic carbocycles. The number of rotatable bonds is 3. The highest BCUT2D eigenvalue weighted by molar-refractivity contribution is 14.1. The topological polar surface area (TPSA) is 29.1 Å². The summed E-state index contributed by atoms with van der Waals surface area (Å²) in [5, 5.41) is 5.56. The van der Waals surface area contributed by atoms with E-state index in [1.807, 2.05) is 30.5 Å². The summed E-state index contributed by atoms with van der Waals surface area (Å²) in [5.74, 6) is -0.103. The smallest absolute Gasteiger partial charge is 0.251 e. The highest BCUT2D eigenvalue weighted by atomic mass is 127. The van der Waals surface area contributed by atoms with Crippen molar-refractivity contribution in [2.45, 2.75) is 13.0 Å². The van der Waals surface area contributed by atoms with Gasteiger partial charge in [-0.15, -0.1) is 11.3 Å². The summed E-state index contributed by atoms with van der Waals surface area (Å²) in [7, 11) is 0. The van der Waals surface area contributed by atoms with Crippen LogP contribution in [0.25, 0.3) is 0 Å². The van der Waals surface area contributed by atoms with Gasteiger partial charge in [-0.25, -0.2) is 0 Å². The molecule has 1 amide bonds. The summed E-state index contributed by atoms with van der Waals surface area (Å²) in [6, 6.07) is 9.31. The van der Waals surface area contributed by atoms with Gasteiger partial charge >= 0.3 is 0 Å². The van der Waals surface area contributed by atoms with Crippen LogP contribution in [0.2, 0.25) is 5.02 Å². The van der Waals surface area contributed by atoms with Crippen molar-refractivity contribution in [2.24, 2.45) is 0 Å². The van der Waals surface area contributed by atoms with Gasteiger partial charge in [-0.2, -0.15) is 0 Å². The summed E-state index contributed by atoms with van der Waals surface area (Å²) in [5.41, 5.74) is 0.587. The molecule has 0 spiro atoms. The molecule has 94 valence electrons. The van der Waals surface area contributed by atoms with Gasteiger partial charge in [-0.1, -0.05) is 17.7 Å². The van der Waals surface area contributed by atoms with E-state index in [0.717, 1.165) is 8.45 Å². The normalized spacial score (nSPS) is 12.2. The molecule has 5 heteroatoms. The molecule has 0 saturated carbocycles. The highest BCUT2D eigenvalue weighted by Gasteiger charge is 2.12. The molecule has 0 aliphatic heterocycles. The van der Waals surface area contributed by atoms with Crippen LogP contribution in [0.4, 0.5) is 0 Å². The maximum Gasteiger partial charge on any atom is 0.251 e. The number of carbonyl (C=O) groups excluding carboxylic acids is 1. The molecule has 1 aromatic heterocycles. The molecular weight excluding hydrogens is 381 g/mol. The summed E-state index contributed by atoms with van der Waals surface area (Å²) in [6.07, 6.45) is 0. The van der Waals surface area contributed by atoms with E-state index in [1.54, 1.807) is 23.5 Å². The molecule has 2 nitrogen and oxygen atoms in total. The number of hydrogen-bond acceptors (Lipinski definition) is 2. The lowest BCUT2D eigenvalue weighted by Gasteiger charge is -2.12. The molecule has 1 aromatic carbocycles. The van der Waals surface area contributed by atoms with Crippen LogP contribution >= 0.6 is 45.5 Å². The lowest BCUT2D eigenvalue weighted by molar-refractivity contribution is 0.0940. The van der Waals surface area contributed by atoms with E-state index in [1.165, 1.54) is 0 Å². The number of amides is 1. The Kier molecular flexibility index (Phi) is 4.64. The minimum Gasteiger partial charge on any atom is -0.345 e. The molecule has 1 atom stereocenters. The van der Waals surface area contributed by atoms with Gasteiger partial charge in [0.15, 0.2) is 0 Å². The number of hydrogen-bond donors (Lipinski definition) is 1. The quantitative estimate of drug-likeness (QED) is 0.767. The number of benzene rings is 1. The lowest BCUT2D eigenvalue weighted by Crippen LogP contribution is -2.26. The average molecular weight is 392 g/mol. The third kappa shape index (κ3) is 3.24. The Hall–Kier alpha value is -0.590. The van der Waals surface area contributed by atoms with E-state index in [-0.39, 0.29) is 11.9 Å². The monoisotopic (exact) mass is 391 g/mol. The van der Waals surface area contributed by atoms with Crippen LogP contribution in [0, 0.1) is 3.57 Å². The largest absolute Gasteiger partial charge is 0.345 e. The van der Waals surface area contributed by atoms with Crippen LogP contribution < -0.4 is 5.32 Å². The summed E-state index contributed by atoms with van der Waals surface area (Å²) in [4.78, 5) is 13.2. The third-order valence-electron chi connectivity index (χ3n) is 2.50. The van der Waals surface area contributed by atoms with E-state index in [2.05, 4.69) is 27.9 Å². The molecule has 0 radical (unpaired) electrons. The molecule has 2 rings (SSSR count). The van der Waals surface area contributed by atoms with Crippen molar-refractivity contribution >= 4 is 51.4 Å². The predicted molar refractivity (Wildman–Crippen MR) is 84.4 cm³/mol. The van der Waals surface area contributed by atoms with Crippen LogP contribution in [0.1, 0.15) is 28.2 Å². The van der Waals surface area contributed by atoms with Gasteiger partial charge in [0, 0.05) is 14.0 Å². The molecule has 1 heterocycles. The first-order chi connectivity index (χ1) is 8.58. The van der Waals surface area contributed by atoms with Crippen molar-refractivity contribution in [3.05, 3.63) is 54.7 Å². The highest BCUT2D eigenvalue weighted by Crippen LogP contribution is 2.21. The van der Waals surface area contributed by atoms with E-state index in [4.69, 9.17) is 11.6 Å². The Balaban J connectivity index is 2.10. The predicted octanol–water partition coefficient (Wildman–Crippen LogP) is 4.50. The Labute approximate surface area is 129 Å². The Morgan fingerprint density at radius 1 is 1.44 bits per heavy atom. The van der Waals surface area contributed by atoms with Crippen molar-refractivity contribution in [2.75, 3.05) is 0 Å². The number of halogens is 2. The maximum absolute atomic E-state index is 12.0. The molecule has 0 aliphatic rings. The average Bonchev–Trinajstić information content (AvgIpc) is 2.86. The molecule has 18 heavy (non-hydrogen) atoms. The molecule has 0 saturated heterocycles. The zero-order valence-corrected chi connectivity index (χ0v) is 13.3. The van der Waals surface area contributed by atoms with Crippen molar-refractivity contribution in [3.63, 3.8) is 0 Å². The van der Waals surface area contributed by atoms with Crippen LogP contribution in [-0.2, 0) is 0 Å². The first kappa shape index (κ1) is 13.8. The van der Waals surface area contributed by atoms with Crippen molar-refractivity contribution in [1.29, 1.82) is 0 Å².